The molecule has 0 rings (SSSR count). The average Bonchev–Trinajstić information content (AvgIpc) is 2.50. The van der Waals surface area contributed by atoms with E-state index in [0.29, 0.717) is 0 Å². The van der Waals surface area contributed by atoms with Crippen molar-refractivity contribution in [2.75, 3.05) is 37.7 Å². The second-order valence-electron chi connectivity index (χ2n) is 4.29. The van der Waals surface area contributed by atoms with Crippen molar-refractivity contribution in [3.63, 3.8) is 0 Å². The van der Waals surface area contributed by atoms with E-state index < -0.39 is 5.97 Å². The third-order valence-corrected chi connectivity index (χ3v) is 3.17. The Kier molecular flexibility index (Phi) is 11.4. The summed E-state index contributed by atoms with van der Waals surface area (Å²) >= 11 is 7.63. The first-order valence-electron chi connectivity index (χ1n) is 6.65. The number of rotatable bonds is 11. The summed E-state index contributed by atoms with van der Waals surface area (Å²) in [4.78, 5) is 46.0. The molecule has 3 amide bonds. The van der Waals surface area contributed by atoms with Gasteiger partial charge in [-0.05, 0) is 0 Å². The molecule has 3 N–H and O–H groups in total. The van der Waals surface area contributed by atoms with Crippen LogP contribution in [0.4, 0.5) is 0 Å². The molecule has 0 spiro atoms. The number of thiol groups is 2. The first kappa shape index (κ1) is 20.6. The van der Waals surface area contributed by atoms with Gasteiger partial charge in [0.25, 0.3) is 0 Å². The van der Waals surface area contributed by atoms with Crippen LogP contribution in [0, 0.1) is 0 Å². The van der Waals surface area contributed by atoms with E-state index in [9.17, 15) is 19.2 Å². The van der Waals surface area contributed by atoms with Gasteiger partial charge in [0.1, 0.15) is 0 Å². The van der Waals surface area contributed by atoms with Gasteiger partial charge in [-0.15, -0.1) is 0 Å². The van der Waals surface area contributed by atoms with Crippen molar-refractivity contribution >= 4 is 48.9 Å². The highest BCUT2D eigenvalue weighted by Gasteiger charge is 2.15. The molecule has 0 saturated heterocycles. The largest absolute Gasteiger partial charge is 0.481 e. The Labute approximate surface area is 139 Å². The summed E-state index contributed by atoms with van der Waals surface area (Å²) in [5, 5.41) is 13.7. The first-order valence-corrected chi connectivity index (χ1v) is 7.91. The molecule has 0 unspecified atom stereocenters. The molecule has 0 saturated carbocycles. The molecule has 0 heterocycles. The topological polar surface area (TPSA) is 116 Å². The summed E-state index contributed by atoms with van der Waals surface area (Å²) in [6, 6.07) is 0. The lowest BCUT2D eigenvalue weighted by Crippen LogP contribution is -2.43. The minimum atomic E-state index is -1.06. The van der Waals surface area contributed by atoms with Gasteiger partial charge in [-0.25, -0.2) is 0 Å². The third-order valence-electron chi connectivity index (χ3n) is 2.60. The number of aliphatic carboxylic acids is 1. The van der Waals surface area contributed by atoms with Crippen LogP contribution in [-0.4, -0.2) is 71.4 Å². The van der Waals surface area contributed by atoms with E-state index in [1.165, 1.54) is 4.90 Å². The van der Waals surface area contributed by atoms with Gasteiger partial charge in [0.2, 0.25) is 17.7 Å². The van der Waals surface area contributed by atoms with Crippen LogP contribution in [0.25, 0.3) is 0 Å². The summed E-state index contributed by atoms with van der Waals surface area (Å²) in [5.74, 6) is -1.83. The molecule has 0 aliphatic rings. The summed E-state index contributed by atoms with van der Waals surface area (Å²) in [6.07, 6.45) is -0.391. The molecule has 0 fully saturated rings. The Hall–Kier alpha value is -1.42. The molecule has 0 radical (unpaired) electrons. The Bertz CT molecular complexity index is 384. The zero-order valence-electron chi connectivity index (χ0n) is 12.1. The highest BCUT2D eigenvalue weighted by atomic mass is 32.1. The van der Waals surface area contributed by atoms with E-state index in [1.54, 1.807) is 0 Å². The van der Waals surface area contributed by atoms with Crippen molar-refractivity contribution in [3.05, 3.63) is 0 Å². The lowest BCUT2D eigenvalue weighted by Gasteiger charge is -2.23. The van der Waals surface area contributed by atoms with Crippen LogP contribution in [0.3, 0.4) is 0 Å². The average molecular weight is 351 g/mol. The lowest BCUT2D eigenvalue weighted by atomic mass is 10.2. The minimum absolute atomic E-state index is 0.0466. The van der Waals surface area contributed by atoms with Gasteiger partial charge in [-0.1, -0.05) is 0 Å². The molecule has 0 bridgehead atoms. The monoisotopic (exact) mass is 351 g/mol. The Morgan fingerprint density at radius 3 is 1.68 bits per heavy atom. The Morgan fingerprint density at radius 2 is 1.32 bits per heavy atom. The van der Waals surface area contributed by atoms with Crippen molar-refractivity contribution in [1.29, 1.82) is 0 Å². The van der Waals surface area contributed by atoms with Crippen molar-refractivity contribution in [1.82, 2.24) is 15.5 Å². The number of hydrogen-bond acceptors (Lipinski definition) is 6. The normalized spacial score (nSPS) is 9.91. The molecule has 8 nitrogen and oxygen atoms in total. The quantitative estimate of drug-likeness (QED) is 0.299. The molecule has 0 aromatic rings. The standard InChI is InChI=1S/C12H21N3O5S2/c16-9(7-21)13-3-5-15(6-4-14-10(17)8-22)11(18)1-2-12(19)20/h21-22H,1-8H2,(H,13,16)(H,14,17)(H,19,20). The molecule has 22 heavy (non-hydrogen) atoms. The predicted molar refractivity (Wildman–Crippen MR) is 87.2 cm³/mol. The van der Waals surface area contributed by atoms with Gasteiger partial charge in [-0.2, -0.15) is 25.3 Å². The van der Waals surface area contributed by atoms with Crippen LogP contribution in [-0.2, 0) is 19.2 Å². The fraction of sp³-hybridized carbons (Fsp3) is 0.667. The number of carbonyl (C=O) groups is 4. The molecule has 0 aromatic heterocycles. The molecular weight excluding hydrogens is 330 g/mol. The number of carbonyl (C=O) groups excluding carboxylic acids is 3. The van der Waals surface area contributed by atoms with E-state index in [4.69, 9.17) is 5.11 Å². The molecule has 0 atom stereocenters. The summed E-state index contributed by atoms with van der Waals surface area (Å²) < 4.78 is 0. The van der Waals surface area contributed by atoms with E-state index >= 15 is 0 Å². The maximum absolute atomic E-state index is 11.9. The van der Waals surface area contributed by atoms with Crippen LogP contribution >= 0.6 is 25.3 Å². The number of nitrogens with one attached hydrogen (secondary N) is 2. The van der Waals surface area contributed by atoms with Gasteiger partial charge in [0, 0.05) is 32.6 Å². The van der Waals surface area contributed by atoms with Gasteiger partial charge in [-0.3, -0.25) is 19.2 Å². The highest BCUT2D eigenvalue weighted by molar-refractivity contribution is 7.81. The fourth-order valence-electron chi connectivity index (χ4n) is 1.51. The van der Waals surface area contributed by atoms with Crippen molar-refractivity contribution in [2.45, 2.75) is 12.8 Å². The van der Waals surface area contributed by atoms with E-state index in [0.717, 1.165) is 0 Å². The molecule has 10 heteroatoms. The number of carboxylic acid groups (broad SMARTS) is 1. The van der Waals surface area contributed by atoms with Crippen LogP contribution in [0.2, 0.25) is 0 Å². The zero-order valence-corrected chi connectivity index (χ0v) is 13.9. The minimum Gasteiger partial charge on any atom is -0.481 e. The summed E-state index contributed by atoms with van der Waals surface area (Å²) in [7, 11) is 0. The van der Waals surface area contributed by atoms with Crippen LogP contribution in [0.5, 0.6) is 0 Å². The van der Waals surface area contributed by atoms with E-state index in [2.05, 4.69) is 35.9 Å². The number of carboxylic acids is 1. The maximum atomic E-state index is 11.9. The van der Waals surface area contributed by atoms with Gasteiger partial charge < -0.3 is 20.6 Å². The summed E-state index contributed by atoms with van der Waals surface area (Å²) in [5.41, 5.74) is 0. The molecule has 0 aromatic carbocycles. The van der Waals surface area contributed by atoms with Gasteiger partial charge in [0.05, 0.1) is 17.9 Å². The van der Waals surface area contributed by atoms with Crippen LogP contribution in [0.1, 0.15) is 12.8 Å². The lowest BCUT2D eigenvalue weighted by molar-refractivity contribution is -0.140. The van der Waals surface area contributed by atoms with Crippen molar-refractivity contribution in [3.8, 4) is 0 Å². The number of hydrogen-bond donors (Lipinski definition) is 5. The van der Waals surface area contributed by atoms with Crippen LogP contribution in [0.15, 0.2) is 0 Å². The molecule has 0 aliphatic heterocycles. The third kappa shape index (κ3) is 10.3. The van der Waals surface area contributed by atoms with Crippen molar-refractivity contribution in [2.24, 2.45) is 0 Å². The number of nitrogens with zero attached hydrogens (tertiary/aromatic N) is 1. The zero-order chi connectivity index (χ0) is 17.0. The first-order chi connectivity index (χ1) is 10.4. The van der Waals surface area contributed by atoms with Crippen molar-refractivity contribution < 1.29 is 24.3 Å². The summed E-state index contributed by atoms with van der Waals surface area (Å²) in [6.45, 7) is 0.931. The SMILES string of the molecule is O=C(O)CCC(=O)N(CCNC(=O)CS)CCNC(=O)CS. The molecule has 126 valence electrons. The smallest absolute Gasteiger partial charge is 0.303 e. The maximum Gasteiger partial charge on any atom is 0.303 e. The predicted octanol–water partition coefficient (Wildman–Crippen LogP) is -1.23. The Balaban J connectivity index is 4.34. The number of amides is 3. The second kappa shape index (κ2) is 12.2. The van der Waals surface area contributed by atoms with E-state index in [1.807, 2.05) is 0 Å². The molecule has 0 aliphatic carbocycles. The second-order valence-corrected chi connectivity index (χ2v) is 4.92. The molecular formula is C12H21N3O5S2. The van der Waals surface area contributed by atoms with E-state index in [-0.39, 0.29) is 68.2 Å². The van der Waals surface area contributed by atoms with Gasteiger partial charge >= 0.3 is 5.97 Å². The Morgan fingerprint density at radius 1 is 0.864 bits per heavy atom. The van der Waals surface area contributed by atoms with Gasteiger partial charge in [0.15, 0.2) is 0 Å². The fourth-order valence-corrected chi connectivity index (χ4v) is 1.73. The van der Waals surface area contributed by atoms with Crippen LogP contribution < -0.4 is 10.6 Å². The highest BCUT2D eigenvalue weighted by Crippen LogP contribution is 1.98.